The summed E-state index contributed by atoms with van der Waals surface area (Å²) in [7, 11) is 1.49. The van der Waals surface area contributed by atoms with E-state index in [-0.39, 0.29) is 17.6 Å². The first kappa shape index (κ1) is 11.6. The number of nitro groups is 1. The molecular weight excluding hydrogens is 226 g/mol. The summed E-state index contributed by atoms with van der Waals surface area (Å²) >= 11 is 5.53. The third-order valence-corrected chi connectivity index (χ3v) is 1.73. The molecule has 15 heavy (non-hydrogen) atoms. The molecule has 0 aliphatic carbocycles. The Labute approximate surface area is 90.1 Å². The highest BCUT2D eigenvalue weighted by Gasteiger charge is 2.22. The average molecular weight is 234 g/mol. The Balaban J connectivity index is 2.86. The van der Waals surface area contributed by atoms with Gasteiger partial charge in [0.1, 0.15) is 12.9 Å². The van der Waals surface area contributed by atoms with E-state index in [1.807, 2.05) is 0 Å². The third kappa shape index (κ3) is 3.00. The number of ether oxygens (including phenoxy) is 2. The van der Waals surface area contributed by atoms with Gasteiger partial charge >= 0.3 is 5.69 Å². The molecule has 1 aromatic rings. The van der Waals surface area contributed by atoms with Crippen LogP contribution < -0.4 is 4.74 Å². The predicted molar refractivity (Wildman–Crippen MR) is 51.1 cm³/mol. The number of rotatable bonds is 5. The fourth-order valence-corrected chi connectivity index (χ4v) is 1.02. The van der Waals surface area contributed by atoms with Gasteiger partial charge in [0.25, 0.3) is 5.88 Å². The molecule has 7 nitrogen and oxygen atoms in total. The van der Waals surface area contributed by atoms with Crippen molar-refractivity contribution in [1.82, 2.24) is 9.97 Å². The molecule has 82 valence electrons. The standard InChI is InChI=1S/C7H8ClN3O4/c1-14-2-3-15-7-5(11(12)13)6(8)9-4-10-7/h4H,2-3H2,1H3. The summed E-state index contributed by atoms with van der Waals surface area (Å²) in [6, 6.07) is 0. The molecule has 0 aliphatic rings. The van der Waals surface area contributed by atoms with Crippen LogP contribution in [0.25, 0.3) is 0 Å². The van der Waals surface area contributed by atoms with Crippen molar-refractivity contribution in [2.75, 3.05) is 20.3 Å². The molecule has 0 aromatic carbocycles. The van der Waals surface area contributed by atoms with Crippen molar-refractivity contribution in [3.63, 3.8) is 0 Å². The molecule has 0 atom stereocenters. The monoisotopic (exact) mass is 233 g/mol. The van der Waals surface area contributed by atoms with E-state index < -0.39 is 10.6 Å². The second-order valence-corrected chi connectivity index (χ2v) is 2.77. The van der Waals surface area contributed by atoms with Crippen LogP contribution in [0.15, 0.2) is 6.33 Å². The normalized spacial score (nSPS) is 10.0. The van der Waals surface area contributed by atoms with Crippen LogP contribution in [0.4, 0.5) is 5.69 Å². The summed E-state index contributed by atoms with van der Waals surface area (Å²) in [6.45, 7) is 0.462. The summed E-state index contributed by atoms with van der Waals surface area (Å²) < 4.78 is 9.74. The fraction of sp³-hybridized carbons (Fsp3) is 0.429. The van der Waals surface area contributed by atoms with Gasteiger partial charge in [-0.25, -0.2) is 4.98 Å². The molecule has 0 radical (unpaired) electrons. The molecule has 0 bridgehead atoms. The number of aromatic nitrogens is 2. The lowest BCUT2D eigenvalue weighted by molar-refractivity contribution is -0.386. The van der Waals surface area contributed by atoms with Crippen LogP contribution in [-0.4, -0.2) is 35.2 Å². The second-order valence-electron chi connectivity index (χ2n) is 2.42. The summed E-state index contributed by atoms with van der Waals surface area (Å²) in [4.78, 5) is 17.0. The lowest BCUT2D eigenvalue weighted by atomic mass is 10.5. The van der Waals surface area contributed by atoms with Crippen LogP contribution in [0.2, 0.25) is 5.15 Å². The van der Waals surface area contributed by atoms with Crippen molar-refractivity contribution in [1.29, 1.82) is 0 Å². The SMILES string of the molecule is COCCOc1ncnc(Cl)c1[N+](=O)[O-]. The minimum Gasteiger partial charge on any atom is -0.470 e. The van der Waals surface area contributed by atoms with E-state index in [1.165, 1.54) is 7.11 Å². The summed E-state index contributed by atoms with van der Waals surface area (Å²) in [5.41, 5.74) is -0.435. The molecule has 0 amide bonds. The summed E-state index contributed by atoms with van der Waals surface area (Å²) in [6.07, 6.45) is 1.09. The average Bonchev–Trinajstić information content (AvgIpc) is 2.17. The smallest absolute Gasteiger partial charge is 0.367 e. The van der Waals surface area contributed by atoms with E-state index in [4.69, 9.17) is 21.1 Å². The summed E-state index contributed by atoms with van der Waals surface area (Å²) in [5.74, 6) is -0.156. The van der Waals surface area contributed by atoms with E-state index in [9.17, 15) is 10.1 Å². The lowest BCUT2D eigenvalue weighted by Gasteiger charge is -2.04. The van der Waals surface area contributed by atoms with Crippen LogP contribution in [0.5, 0.6) is 5.88 Å². The van der Waals surface area contributed by atoms with Gasteiger partial charge in [0, 0.05) is 7.11 Å². The van der Waals surface area contributed by atoms with Crippen LogP contribution in [0, 0.1) is 10.1 Å². The number of hydrogen-bond acceptors (Lipinski definition) is 6. The van der Waals surface area contributed by atoms with Gasteiger partial charge in [-0.05, 0) is 0 Å². The highest BCUT2D eigenvalue weighted by atomic mass is 35.5. The van der Waals surface area contributed by atoms with Gasteiger partial charge in [-0.15, -0.1) is 0 Å². The van der Waals surface area contributed by atoms with Crippen molar-refractivity contribution >= 4 is 17.3 Å². The zero-order valence-electron chi connectivity index (χ0n) is 7.84. The van der Waals surface area contributed by atoms with Crippen molar-refractivity contribution in [2.45, 2.75) is 0 Å². The number of nitrogens with zero attached hydrogens (tertiary/aromatic N) is 3. The molecule has 0 spiro atoms. The van der Waals surface area contributed by atoms with Crippen LogP contribution >= 0.6 is 11.6 Å². The molecule has 0 saturated heterocycles. The maximum atomic E-state index is 10.6. The maximum Gasteiger partial charge on any atom is 0.367 e. The Morgan fingerprint density at radius 1 is 1.53 bits per heavy atom. The van der Waals surface area contributed by atoms with E-state index in [2.05, 4.69) is 9.97 Å². The first-order valence-corrected chi connectivity index (χ1v) is 4.31. The fourth-order valence-electron chi connectivity index (χ4n) is 0.823. The maximum absolute atomic E-state index is 10.6. The Morgan fingerprint density at radius 2 is 2.27 bits per heavy atom. The Kier molecular flexibility index (Phi) is 4.19. The molecule has 0 unspecified atom stereocenters. The van der Waals surface area contributed by atoms with Crippen molar-refractivity contribution in [3.05, 3.63) is 21.6 Å². The molecule has 0 fully saturated rings. The Bertz CT molecular complexity index is 360. The third-order valence-electron chi connectivity index (χ3n) is 1.45. The van der Waals surface area contributed by atoms with E-state index in [0.717, 1.165) is 6.33 Å². The van der Waals surface area contributed by atoms with Gasteiger partial charge in [0.15, 0.2) is 0 Å². The zero-order valence-corrected chi connectivity index (χ0v) is 8.60. The minimum atomic E-state index is -0.690. The van der Waals surface area contributed by atoms with E-state index in [1.54, 1.807) is 0 Å². The first-order valence-electron chi connectivity index (χ1n) is 3.93. The van der Waals surface area contributed by atoms with Crippen molar-refractivity contribution in [3.8, 4) is 5.88 Å². The quantitative estimate of drug-likeness (QED) is 0.327. The molecule has 0 saturated carbocycles. The highest BCUT2D eigenvalue weighted by molar-refractivity contribution is 6.31. The molecule has 1 rings (SSSR count). The molecular formula is C7H8ClN3O4. The largest absolute Gasteiger partial charge is 0.470 e. The predicted octanol–water partition coefficient (Wildman–Crippen LogP) is 1.06. The minimum absolute atomic E-state index is 0.156. The zero-order chi connectivity index (χ0) is 11.3. The first-order chi connectivity index (χ1) is 7.16. The van der Waals surface area contributed by atoms with E-state index in [0.29, 0.717) is 6.61 Å². The molecule has 0 aliphatic heterocycles. The van der Waals surface area contributed by atoms with Gasteiger partial charge in [-0.2, -0.15) is 4.98 Å². The van der Waals surface area contributed by atoms with Crippen molar-refractivity contribution in [2.24, 2.45) is 0 Å². The number of hydrogen-bond donors (Lipinski definition) is 0. The molecule has 1 aromatic heterocycles. The molecule has 0 N–H and O–H groups in total. The highest BCUT2D eigenvalue weighted by Crippen LogP contribution is 2.29. The number of halogens is 1. The van der Waals surface area contributed by atoms with Crippen LogP contribution in [-0.2, 0) is 4.74 Å². The van der Waals surface area contributed by atoms with Gasteiger partial charge < -0.3 is 9.47 Å². The number of methoxy groups -OCH3 is 1. The second kappa shape index (κ2) is 5.42. The molecule has 8 heteroatoms. The Morgan fingerprint density at radius 3 is 2.87 bits per heavy atom. The Hall–Kier alpha value is -1.47. The van der Waals surface area contributed by atoms with Gasteiger partial charge in [-0.3, -0.25) is 10.1 Å². The van der Waals surface area contributed by atoms with E-state index >= 15 is 0 Å². The topological polar surface area (TPSA) is 87.4 Å². The summed E-state index contributed by atoms with van der Waals surface area (Å²) in [5, 5.41) is 10.4. The van der Waals surface area contributed by atoms with Gasteiger partial charge in [0.05, 0.1) is 11.5 Å². The molecule has 1 heterocycles. The van der Waals surface area contributed by atoms with Gasteiger partial charge in [0.2, 0.25) is 5.15 Å². The van der Waals surface area contributed by atoms with Crippen LogP contribution in [0.3, 0.4) is 0 Å². The van der Waals surface area contributed by atoms with Crippen molar-refractivity contribution < 1.29 is 14.4 Å². The van der Waals surface area contributed by atoms with Crippen LogP contribution in [0.1, 0.15) is 0 Å². The van der Waals surface area contributed by atoms with Gasteiger partial charge in [-0.1, -0.05) is 11.6 Å². The lowest BCUT2D eigenvalue weighted by Crippen LogP contribution is -2.07.